The van der Waals surface area contributed by atoms with E-state index >= 15 is 0 Å². The van der Waals surface area contributed by atoms with Gasteiger partial charge >= 0.3 is 12.3 Å². The van der Waals surface area contributed by atoms with E-state index in [1.165, 1.54) is 13.1 Å². The predicted molar refractivity (Wildman–Crippen MR) is 141 cm³/mol. The number of halogens is 4. The molecule has 1 aliphatic heterocycles. The van der Waals surface area contributed by atoms with E-state index in [-0.39, 0.29) is 29.2 Å². The highest BCUT2D eigenvalue weighted by Gasteiger charge is 2.36. The van der Waals surface area contributed by atoms with Crippen molar-refractivity contribution < 1.29 is 27.5 Å². The average Bonchev–Trinajstić information content (AvgIpc) is 3.24. The molecule has 3 aromatic rings. The van der Waals surface area contributed by atoms with Gasteiger partial charge in [-0.15, -0.1) is 0 Å². The van der Waals surface area contributed by atoms with Crippen LogP contribution in [0.15, 0.2) is 29.0 Å². The maximum atomic E-state index is 14.0. The molecule has 3 N–H and O–H groups in total. The number of rotatable bonds is 4. The molecule has 0 spiro atoms. The van der Waals surface area contributed by atoms with Crippen LogP contribution in [0.25, 0.3) is 22.2 Å². The Hall–Kier alpha value is -3.35. The molecule has 1 unspecified atom stereocenters. The second-order valence-corrected chi connectivity index (χ2v) is 10.9. The number of nitrogens with zero attached hydrogens (tertiary/aromatic N) is 3. The van der Waals surface area contributed by atoms with Crippen LogP contribution in [-0.4, -0.2) is 56.6 Å². The second-order valence-electron chi connectivity index (χ2n) is 10.1. The van der Waals surface area contributed by atoms with Crippen molar-refractivity contribution in [3.05, 3.63) is 34.6 Å². The van der Waals surface area contributed by atoms with Crippen LogP contribution in [0.4, 0.5) is 29.6 Å². The van der Waals surface area contributed by atoms with Crippen LogP contribution in [-0.2, 0) is 15.7 Å². The van der Waals surface area contributed by atoms with E-state index in [2.05, 4.69) is 41.5 Å². The molecular formula is C25H28BrF3N6O3. The first-order valence-corrected chi connectivity index (χ1v) is 12.8. The number of alkyl halides is 3. The van der Waals surface area contributed by atoms with Crippen LogP contribution in [0, 0.1) is 0 Å². The maximum Gasteiger partial charge on any atom is 0.419 e. The molecule has 0 aliphatic carbocycles. The Morgan fingerprint density at radius 2 is 1.97 bits per heavy atom. The molecule has 1 aliphatic rings. The van der Waals surface area contributed by atoms with E-state index in [0.717, 1.165) is 6.20 Å². The number of carbonyl (C=O) groups excluding carboxylic acids is 2. The third-order valence-electron chi connectivity index (χ3n) is 5.86. The van der Waals surface area contributed by atoms with Gasteiger partial charge in [0.2, 0.25) is 11.9 Å². The smallest absolute Gasteiger partial charge is 0.419 e. The van der Waals surface area contributed by atoms with Crippen molar-refractivity contribution >= 4 is 50.5 Å². The Morgan fingerprint density at radius 1 is 1.24 bits per heavy atom. The van der Waals surface area contributed by atoms with Crippen molar-refractivity contribution in [1.29, 1.82) is 0 Å². The molecule has 0 saturated carbocycles. The maximum absolute atomic E-state index is 14.0. The number of carbonyl (C=O) groups is 2. The lowest BCUT2D eigenvalue weighted by Gasteiger charge is -2.34. The largest absolute Gasteiger partial charge is 0.444 e. The Balaban J connectivity index is 1.66. The summed E-state index contributed by atoms with van der Waals surface area (Å²) in [4.78, 5) is 36.7. The predicted octanol–water partition coefficient (Wildman–Crippen LogP) is 6.18. The molecule has 3 heterocycles. The number of hydrogen-bond donors (Lipinski definition) is 3. The highest BCUT2D eigenvalue weighted by atomic mass is 79.9. The summed E-state index contributed by atoms with van der Waals surface area (Å²) in [5.74, 6) is -0.261. The molecule has 4 rings (SSSR count). The summed E-state index contributed by atoms with van der Waals surface area (Å²) >= 11 is 3.41. The lowest BCUT2D eigenvalue weighted by Crippen LogP contribution is -2.47. The monoisotopic (exact) mass is 596 g/mol. The molecule has 1 aromatic carbocycles. The summed E-state index contributed by atoms with van der Waals surface area (Å²) in [6, 6.07) is 2.96. The van der Waals surface area contributed by atoms with E-state index in [9.17, 15) is 22.8 Å². The summed E-state index contributed by atoms with van der Waals surface area (Å²) in [6.07, 6.45) is -1.55. The van der Waals surface area contributed by atoms with Crippen molar-refractivity contribution in [1.82, 2.24) is 19.9 Å². The average molecular weight is 597 g/mol. The topological polar surface area (TPSA) is 112 Å². The number of anilines is 2. The van der Waals surface area contributed by atoms with Gasteiger partial charge in [-0.25, -0.2) is 14.8 Å². The van der Waals surface area contributed by atoms with Crippen LogP contribution < -0.4 is 10.6 Å². The minimum atomic E-state index is -4.69. The van der Waals surface area contributed by atoms with E-state index in [1.54, 1.807) is 37.8 Å². The number of piperidine rings is 1. The molecule has 0 bridgehead atoms. The zero-order valence-corrected chi connectivity index (χ0v) is 22.9. The van der Waals surface area contributed by atoms with E-state index in [1.807, 2.05) is 0 Å². The minimum absolute atomic E-state index is 0.0207. The third kappa shape index (κ3) is 6.20. The van der Waals surface area contributed by atoms with Gasteiger partial charge in [-0.05, 0) is 55.6 Å². The number of amides is 2. The number of fused-ring (bicyclic) bond motifs is 1. The van der Waals surface area contributed by atoms with Crippen LogP contribution in [0.2, 0.25) is 0 Å². The fourth-order valence-corrected chi connectivity index (χ4v) is 4.84. The first kappa shape index (κ1) is 27.7. The number of benzene rings is 1. The first-order valence-electron chi connectivity index (χ1n) is 12.0. The van der Waals surface area contributed by atoms with Crippen molar-refractivity contribution in [2.45, 2.75) is 58.4 Å². The summed E-state index contributed by atoms with van der Waals surface area (Å²) in [5, 5.41) is 6.25. The van der Waals surface area contributed by atoms with Gasteiger partial charge in [0.25, 0.3) is 0 Å². The molecule has 2 amide bonds. The summed E-state index contributed by atoms with van der Waals surface area (Å²) in [7, 11) is 0. The zero-order chi connectivity index (χ0) is 27.8. The molecule has 204 valence electrons. The number of hydrogen-bond acceptors (Lipinski definition) is 6. The van der Waals surface area contributed by atoms with Crippen LogP contribution in [0.5, 0.6) is 0 Å². The van der Waals surface area contributed by atoms with Crippen LogP contribution in [0.3, 0.4) is 0 Å². The quantitative estimate of drug-likeness (QED) is 0.332. The van der Waals surface area contributed by atoms with Crippen LogP contribution in [0.1, 0.15) is 46.1 Å². The van der Waals surface area contributed by atoms with Gasteiger partial charge in [0.1, 0.15) is 11.2 Å². The molecule has 1 fully saturated rings. The normalized spacial score (nSPS) is 16.4. The van der Waals surface area contributed by atoms with Crippen LogP contribution >= 0.6 is 15.9 Å². The fraction of sp³-hybridized carbons (Fsp3) is 0.440. The van der Waals surface area contributed by atoms with Gasteiger partial charge in [-0.3, -0.25) is 4.79 Å². The standard InChI is InChI=1S/C25H28BrF3N6O3/c1-13(36)32-18-8-7-15-16(10-30-21(15)19(18)26)20-17(25(27,28)29)11-31-22(34-20)33-14-6-5-9-35(12-14)23(37)38-24(2,3)4/h7-8,10-11,14,30H,5-6,9,12H2,1-4H3,(H,32,36)(H,31,33,34). The number of H-pyrrole nitrogens is 1. The van der Waals surface area contributed by atoms with Gasteiger partial charge in [-0.1, -0.05) is 6.07 Å². The van der Waals surface area contributed by atoms with E-state index in [4.69, 9.17) is 4.74 Å². The molecule has 2 aromatic heterocycles. The first-order chi connectivity index (χ1) is 17.7. The van der Waals surface area contributed by atoms with E-state index < -0.39 is 23.4 Å². The lowest BCUT2D eigenvalue weighted by atomic mass is 10.0. The molecule has 0 radical (unpaired) electrons. The van der Waals surface area contributed by atoms with Gasteiger partial charge in [0.05, 0.1) is 21.4 Å². The number of ether oxygens (including phenoxy) is 1. The highest BCUT2D eigenvalue weighted by molar-refractivity contribution is 9.10. The lowest BCUT2D eigenvalue weighted by molar-refractivity contribution is -0.137. The molecular weight excluding hydrogens is 569 g/mol. The SMILES string of the molecule is CC(=O)Nc1ccc2c(-c3nc(NC4CCCN(C(=O)OC(C)(C)C)C4)ncc3C(F)(F)F)c[nH]c2c1Br. The summed E-state index contributed by atoms with van der Waals surface area (Å²) in [6.45, 7) is 7.54. The second kappa shape index (κ2) is 10.4. The van der Waals surface area contributed by atoms with Gasteiger partial charge < -0.3 is 25.3 Å². The molecule has 13 heteroatoms. The number of likely N-dealkylation sites (tertiary alicyclic amines) is 1. The zero-order valence-electron chi connectivity index (χ0n) is 21.3. The number of aromatic amines is 1. The Labute approximate surface area is 225 Å². The Bertz CT molecular complexity index is 1370. The Morgan fingerprint density at radius 3 is 2.63 bits per heavy atom. The van der Waals surface area contributed by atoms with Gasteiger partial charge in [0, 0.05) is 49.4 Å². The van der Waals surface area contributed by atoms with Crippen molar-refractivity contribution in [3.63, 3.8) is 0 Å². The van der Waals surface area contributed by atoms with Gasteiger partial charge in [-0.2, -0.15) is 13.2 Å². The van der Waals surface area contributed by atoms with E-state index in [0.29, 0.717) is 47.0 Å². The van der Waals surface area contributed by atoms with Crippen molar-refractivity contribution in [3.8, 4) is 11.3 Å². The number of aromatic nitrogens is 3. The highest BCUT2D eigenvalue weighted by Crippen LogP contribution is 2.41. The van der Waals surface area contributed by atoms with Crippen molar-refractivity contribution in [2.24, 2.45) is 0 Å². The van der Waals surface area contributed by atoms with Gasteiger partial charge in [0.15, 0.2) is 0 Å². The molecule has 9 nitrogen and oxygen atoms in total. The summed E-state index contributed by atoms with van der Waals surface area (Å²) < 4.78 is 47.9. The third-order valence-corrected chi connectivity index (χ3v) is 6.68. The molecule has 38 heavy (non-hydrogen) atoms. The van der Waals surface area contributed by atoms with Crippen molar-refractivity contribution in [2.75, 3.05) is 23.7 Å². The fourth-order valence-electron chi connectivity index (χ4n) is 4.28. The minimum Gasteiger partial charge on any atom is -0.444 e. The molecule has 1 atom stereocenters. The molecule has 1 saturated heterocycles. The Kier molecular flexibility index (Phi) is 7.60. The summed E-state index contributed by atoms with van der Waals surface area (Å²) in [5.41, 5.74) is -0.698. The number of nitrogens with one attached hydrogen (secondary N) is 3.